The molecule has 0 atom stereocenters. The van der Waals surface area contributed by atoms with E-state index in [9.17, 15) is 13.2 Å². The predicted octanol–water partition coefficient (Wildman–Crippen LogP) is 0.654. The molecule has 7 heteroatoms. The average molecular weight is 269 g/mol. The summed E-state index contributed by atoms with van der Waals surface area (Å²) in [6, 6.07) is 1.49. The summed E-state index contributed by atoms with van der Waals surface area (Å²) in [5.41, 5.74) is 3.20. The van der Waals surface area contributed by atoms with Crippen molar-refractivity contribution in [3.63, 3.8) is 0 Å². The number of nitrogens with zero attached hydrogens (tertiary/aromatic N) is 2. The Hall–Kier alpha value is -1.76. The van der Waals surface area contributed by atoms with Gasteiger partial charge in [-0.25, -0.2) is 13.8 Å². The zero-order valence-corrected chi connectivity index (χ0v) is 11.3. The lowest BCUT2D eigenvalue weighted by Gasteiger charge is -2.05. The molecule has 0 aliphatic rings. The number of pyridine rings is 1. The Morgan fingerprint density at radius 2 is 2.22 bits per heavy atom. The molecule has 6 nitrogen and oxygen atoms in total. The lowest BCUT2D eigenvalue weighted by atomic mass is 10.3. The number of hydrogen-bond donors (Lipinski definition) is 1. The molecule has 1 rings (SSSR count). The van der Waals surface area contributed by atoms with Gasteiger partial charge in [0.2, 0.25) is 5.91 Å². The Morgan fingerprint density at radius 3 is 2.78 bits per heavy atom. The van der Waals surface area contributed by atoms with Crippen molar-refractivity contribution >= 4 is 22.0 Å². The number of amides is 1. The molecule has 1 N–H and O–H groups in total. The van der Waals surface area contributed by atoms with Crippen LogP contribution >= 0.6 is 0 Å². The first-order valence-corrected chi connectivity index (χ1v) is 7.01. The summed E-state index contributed by atoms with van der Waals surface area (Å²) in [6.45, 7) is 4.54. The first-order valence-electron chi connectivity index (χ1n) is 5.36. The highest BCUT2D eigenvalue weighted by Crippen LogP contribution is 2.15. The van der Waals surface area contributed by atoms with E-state index in [0.717, 1.165) is 0 Å². The second-order valence-corrected chi connectivity index (χ2v) is 5.93. The van der Waals surface area contributed by atoms with Gasteiger partial charge in [-0.2, -0.15) is 5.10 Å². The van der Waals surface area contributed by atoms with Crippen LogP contribution in [0.4, 0.5) is 0 Å². The highest BCUT2D eigenvalue weighted by Gasteiger charge is 2.15. The number of rotatable bonds is 4. The van der Waals surface area contributed by atoms with Gasteiger partial charge in [0.15, 0.2) is 9.84 Å². The fourth-order valence-electron chi connectivity index (χ4n) is 1.27. The Kier molecular flexibility index (Phi) is 4.55. The van der Waals surface area contributed by atoms with Crippen LogP contribution in [0, 0.1) is 6.92 Å². The predicted molar refractivity (Wildman–Crippen MR) is 68.1 cm³/mol. The molecule has 0 spiro atoms. The number of aromatic nitrogens is 1. The van der Waals surface area contributed by atoms with Crippen molar-refractivity contribution in [1.82, 2.24) is 10.4 Å². The number of carbonyl (C=O) groups is 1. The molecule has 1 aromatic rings. The maximum Gasteiger partial charge on any atom is 0.236 e. The summed E-state index contributed by atoms with van der Waals surface area (Å²) in [6.07, 6.45) is 2.85. The molecule has 0 aliphatic carbocycles. The first-order chi connectivity index (χ1) is 8.36. The van der Waals surface area contributed by atoms with Gasteiger partial charge in [0, 0.05) is 18.7 Å². The summed E-state index contributed by atoms with van der Waals surface area (Å²) in [7, 11) is -3.30. The van der Waals surface area contributed by atoms with E-state index in [1.807, 2.05) is 0 Å². The molecule has 1 heterocycles. The van der Waals surface area contributed by atoms with E-state index >= 15 is 0 Å². The van der Waals surface area contributed by atoms with Crippen molar-refractivity contribution in [3.8, 4) is 0 Å². The van der Waals surface area contributed by atoms with E-state index < -0.39 is 9.84 Å². The summed E-state index contributed by atoms with van der Waals surface area (Å²) >= 11 is 0. The van der Waals surface area contributed by atoms with Crippen LogP contribution in [0.3, 0.4) is 0 Å². The van der Waals surface area contributed by atoms with Crippen molar-refractivity contribution in [1.29, 1.82) is 0 Å². The van der Waals surface area contributed by atoms with Gasteiger partial charge in [-0.05, 0) is 13.0 Å². The van der Waals surface area contributed by atoms with E-state index in [2.05, 4.69) is 15.5 Å². The van der Waals surface area contributed by atoms with Crippen LogP contribution in [0.2, 0.25) is 0 Å². The largest absolute Gasteiger partial charge is 0.274 e. The summed E-state index contributed by atoms with van der Waals surface area (Å²) in [5.74, 6) is -0.283. The van der Waals surface area contributed by atoms with Crippen molar-refractivity contribution in [2.45, 2.75) is 25.7 Å². The smallest absolute Gasteiger partial charge is 0.236 e. The number of hydrogen-bond acceptors (Lipinski definition) is 5. The zero-order valence-electron chi connectivity index (χ0n) is 10.5. The molecule has 0 bridgehead atoms. The molecule has 0 saturated carbocycles. The van der Waals surface area contributed by atoms with E-state index in [1.165, 1.54) is 25.4 Å². The van der Waals surface area contributed by atoms with Gasteiger partial charge >= 0.3 is 0 Å². The highest BCUT2D eigenvalue weighted by molar-refractivity contribution is 7.91. The Bertz CT molecular complexity index is 579. The second-order valence-electron chi connectivity index (χ2n) is 3.68. The van der Waals surface area contributed by atoms with Crippen LogP contribution in [0.5, 0.6) is 0 Å². The van der Waals surface area contributed by atoms with Crippen LogP contribution in [-0.4, -0.2) is 31.3 Å². The van der Waals surface area contributed by atoms with Crippen LogP contribution < -0.4 is 5.43 Å². The fraction of sp³-hybridized carbons (Fsp3) is 0.364. The normalized spacial score (nSPS) is 11.7. The molecule has 0 aliphatic heterocycles. The summed E-state index contributed by atoms with van der Waals surface area (Å²) in [5, 5.41) is 3.66. The third kappa shape index (κ3) is 3.63. The average Bonchev–Trinajstić information content (AvgIpc) is 2.30. The van der Waals surface area contributed by atoms with Crippen molar-refractivity contribution < 1.29 is 13.2 Å². The van der Waals surface area contributed by atoms with Crippen LogP contribution in [0.1, 0.15) is 25.1 Å². The van der Waals surface area contributed by atoms with Crippen molar-refractivity contribution in [2.24, 2.45) is 5.10 Å². The number of carbonyl (C=O) groups excluding carboxylic acids is 1. The van der Waals surface area contributed by atoms with Gasteiger partial charge in [0.1, 0.15) is 0 Å². The van der Waals surface area contributed by atoms with Gasteiger partial charge < -0.3 is 0 Å². The lowest BCUT2D eigenvalue weighted by molar-refractivity contribution is -0.118. The van der Waals surface area contributed by atoms with E-state index in [0.29, 0.717) is 11.3 Å². The molecule has 0 fully saturated rings. The lowest BCUT2D eigenvalue weighted by Crippen LogP contribution is -2.12. The van der Waals surface area contributed by atoms with Crippen LogP contribution in [0.25, 0.3) is 0 Å². The van der Waals surface area contributed by atoms with Crippen LogP contribution in [-0.2, 0) is 14.6 Å². The van der Waals surface area contributed by atoms with E-state index in [-0.39, 0.29) is 16.6 Å². The topological polar surface area (TPSA) is 88.5 Å². The summed E-state index contributed by atoms with van der Waals surface area (Å²) < 4.78 is 23.6. The molecule has 0 radical (unpaired) electrons. The Labute approximate surface area is 106 Å². The molecule has 0 aromatic carbocycles. The fourth-order valence-corrected chi connectivity index (χ4v) is 2.40. The number of sulfone groups is 1. The molecule has 18 heavy (non-hydrogen) atoms. The molecular formula is C11H15N3O3S. The monoisotopic (exact) mass is 269 g/mol. The molecular weight excluding hydrogens is 254 g/mol. The minimum atomic E-state index is -3.30. The molecule has 0 saturated heterocycles. The standard InChI is InChI=1S/C11H15N3O3S/c1-4-18(16,17)11-5-10(6-12-8(11)2)7-13-14-9(3)15/h5-7H,4H2,1-3H3,(H,14,15)/b13-7+. The van der Waals surface area contributed by atoms with Crippen LogP contribution in [0.15, 0.2) is 22.3 Å². The van der Waals surface area contributed by atoms with Gasteiger partial charge in [-0.3, -0.25) is 9.78 Å². The Morgan fingerprint density at radius 1 is 1.56 bits per heavy atom. The van der Waals surface area contributed by atoms with Gasteiger partial charge in [0.25, 0.3) is 0 Å². The van der Waals surface area contributed by atoms with Gasteiger partial charge in [-0.15, -0.1) is 0 Å². The minimum absolute atomic E-state index is 0.0157. The van der Waals surface area contributed by atoms with Gasteiger partial charge in [0.05, 0.1) is 22.6 Å². The Balaban J connectivity index is 3.09. The second kappa shape index (κ2) is 5.72. The van der Waals surface area contributed by atoms with E-state index in [1.54, 1.807) is 13.8 Å². The number of nitrogens with one attached hydrogen (secondary N) is 1. The molecule has 0 unspecified atom stereocenters. The first kappa shape index (κ1) is 14.3. The molecule has 1 aromatic heterocycles. The van der Waals surface area contributed by atoms with Crippen molar-refractivity contribution in [3.05, 3.63) is 23.5 Å². The molecule has 1 amide bonds. The van der Waals surface area contributed by atoms with E-state index in [4.69, 9.17) is 0 Å². The quantitative estimate of drug-likeness (QED) is 0.642. The number of aryl methyl sites for hydroxylation is 1. The van der Waals surface area contributed by atoms with Crippen molar-refractivity contribution in [2.75, 3.05) is 5.75 Å². The maximum absolute atomic E-state index is 11.8. The summed E-state index contributed by atoms with van der Waals surface area (Å²) in [4.78, 5) is 14.8. The number of hydrazone groups is 1. The minimum Gasteiger partial charge on any atom is -0.274 e. The van der Waals surface area contributed by atoms with Gasteiger partial charge in [-0.1, -0.05) is 6.92 Å². The third-order valence-electron chi connectivity index (χ3n) is 2.21. The SMILES string of the molecule is CCS(=O)(=O)c1cc(/C=N/NC(C)=O)cnc1C. The highest BCUT2D eigenvalue weighted by atomic mass is 32.2. The zero-order chi connectivity index (χ0) is 13.8. The maximum atomic E-state index is 11.8. The third-order valence-corrected chi connectivity index (χ3v) is 4.06. The molecule has 98 valence electrons.